The summed E-state index contributed by atoms with van der Waals surface area (Å²) < 4.78 is 26.2. The van der Waals surface area contributed by atoms with E-state index in [1.165, 1.54) is 12.8 Å². The van der Waals surface area contributed by atoms with Crippen LogP contribution >= 0.6 is 0 Å². The van der Waals surface area contributed by atoms with Gasteiger partial charge in [-0.05, 0) is 44.6 Å². The zero-order valence-electron chi connectivity index (χ0n) is 11.4. The van der Waals surface area contributed by atoms with Crippen molar-refractivity contribution < 1.29 is 8.42 Å². The third-order valence-electron chi connectivity index (χ3n) is 4.27. The molecule has 5 heteroatoms. The number of nitrogens with one attached hydrogen (secondary N) is 1. The summed E-state index contributed by atoms with van der Waals surface area (Å²) >= 11 is 0. The fourth-order valence-corrected chi connectivity index (χ4v) is 4.46. The normalized spacial score (nSPS) is 28.4. The predicted octanol–water partition coefficient (Wildman–Crippen LogP) is 1.58. The second-order valence-electron chi connectivity index (χ2n) is 5.83. The summed E-state index contributed by atoms with van der Waals surface area (Å²) in [5, 5.41) is 3.42. The number of nitrogens with zero attached hydrogens (tertiary/aromatic N) is 1. The molecule has 18 heavy (non-hydrogen) atoms. The van der Waals surface area contributed by atoms with Gasteiger partial charge in [-0.3, -0.25) is 0 Å². The minimum Gasteiger partial charge on any atom is -0.314 e. The molecule has 2 rings (SSSR count). The van der Waals surface area contributed by atoms with Gasteiger partial charge in [-0.25, -0.2) is 12.7 Å². The fraction of sp³-hybridized carbons (Fsp3) is 1.00. The van der Waals surface area contributed by atoms with Gasteiger partial charge in [0.25, 0.3) is 0 Å². The molecule has 2 saturated heterocycles. The lowest BCUT2D eigenvalue weighted by molar-refractivity contribution is 0.286. The highest BCUT2D eigenvalue weighted by Gasteiger charge is 2.27. The summed E-state index contributed by atoms with van der Waals surface area (Å²) in [6.07, 6.45) is 6.40. The van der Waals surface area contributed by atoms with Crippen LogP contribution in [0.15, 0.2) is 0 Å². The number of hydrogen-bond acceptors (Lipinski definition) is 3. The Morgan fingerprint density at radius 3 is 2.50 bits per heavy atom. The van der Waals surface area contributed by atoms with Gasteiger partial charge in [-0.15, -0.1) is 0 Å². The third-order valence-corrected chi connectivity index (χ3v) is 6.18. The maximum absolute atomic E-state index is 12.2. The molecule has 0 spiro atoms. The van der Waals surface area contributed by atoms with Crippen LogP contribution in [0.3, 0.4) is 0 Å². The molecule has 0 saturated carbocycles. The molecule has 0 bridgehead atoms. The van der Waals surface area contributed by atoms with E-state index in [0.717, 1.165) is 45.3 Å². The molecule has 0 aliphatic carbocycles. The second kappa shape index (κ2) is 6.35. The molecule has 2 aliphatic rings. The molecular weight excluding hydrogens is 248 g/mol. The first-order chi connectivity index (χ1) is 8.58. The van der Waals surface area contributed by atoms with Gasteiger partial charge in [-0.1, -0.05) is 13.3 Å². The van der Waals surface area contributed by atoms with Crippen molar-refractivity contribution in [3.8, 4) is 0 Å². The summed E-state index contributed by atoms with van der Waals surface area (Å²) in [6.45, 7) is 4.70. The summed E-state index contributed by atoms with van der Waals surface area (Å²) in [7, 11) is -3.01. The van der Waals surface area contributed by atoms with Crippen molar-refractivity contribution in [1.29, 1.82) is 0 Å². The highest BCUT2D eigenvalue weighted by Crippen LogP contribution is 2.20. The summed E-state index contributed by atoms with van der Waals surface area (Å²) in [6, 6.07) is 0.414. The average Bonchev–Trinajstić information content (AvgIpc) is 2.38. The highest BCUT2D eigenvalue weighted by atomic mass is 32.2. The van der Waals surface area contributed by atoms with E-state index in [0.29, 0.717) is 17.7 Å². The summed E-state index contributed by atoms with van der Waals surface area (Å²) in [5.41, 5.74) is 0. The molecule has 0 radical (unpaired) electrons. The SMILES string of the molecule is CC1CCN(S(=O)(=O)CCC2CCCCN2)CC1. The molecule has 0 aromatic rings. The number of sulfonamides is 1. The van der Waals surface area contributed by atoms with E-state index in [1.807, 2.05) is 0 Å². The highest BCUT2D eigenvalue weighted by molar-refractivity contribution is 7.89. The first kappa shape index (κ1) is 14.3. The van der Waals surface area contributed by atoms with Gasteiger partial charge in [0, 0.05) is 19.1 Å². The lowest BCUT2D eigenvalue weighted by atomic mass is 10.0. The van der Waals surface area contributed by atoms with Gasteiger partial charge in [0.05, 0.1) is 5.75 Å². The molecule has 1 N–H and O–H groups in total. The molecule has 2 heterocycles. The van der Waals surface area contributed by atoms with Crippen molar-refractivity contribution in [2.24, 2.45) is 5.92 Å². The van der Waals surface area contributed by atoms with Gasteiger partial charge < -0.3 is 5.32 Å². The van der Waals surface area contributed by atoms with Gasteiger partial charge in [-0.2, -0.15) is 0 Å². The number of hydrogen-bond donors (Lipinski definition) is 1. The van der Waals surface area contributed by atoms with E-state index in [9.17, 15) is 8.42 Å². The van der Waals surface area contributed by atoms with Gasteiger partial charge in [0.15, 0.2) is 0 Å². The topological polar surface area (TPSA) is 49.4 Å². The van der Waals surface area contributed by atoms with Crippen LogP contribution in [0, 0.1) is 5.92 Å². The van der Waals surface area contributed by atoms with E-state index in [1.54, 1.807) is 4.31 Å². The van der Waals surface area contributed by atoms with Gasteiger partial charge in [0.1, 0.15) is 0 Å². The molecule has 0 aromatic carbocycles. The standard InChI is InChI=1S/C13H26N2O2S/c1-12-5-9-15(10-6-12)18(16,17)11-7-13-4-2-3-8-14-13/h12-14H,2-11H2,1H3. The van der Waals surface area contributed by atoms with E-state index < -0.39 is 10.0 Å². The first-order valence-electron chi connectivity index (χ1n) is 7.29. The van der Waals surface area contributed by atoms with E-state index in [4.69, 9.17) is 0 Å². The van der Waals surface area contributed by atoms with E-state index in [2.05, 4.69) is 12.2 Å². The quantitative estimate of drug-likeness (QED) is 0.847. The summed E-state index contributed by atoms with van der Waals surface area (Å²) in [4.78, 5) is 0. The zero-order chi connectivity index (χ0) is 13.0. The Kier molecular flexibility index (Phi) is 5.04. The van der Waals surface area contributed by atoms with Crippen molar-refractivity contribution in [3.05, 3.63) is 0 Å². The number of rotatable bonds is 4. The molecule has 2 aliphatic heterocycles. The molecular formula is C13H26N2O2S. The van der Waals surface area contributed by atoms with Gasteiger partial charge in [0.2, 0.25) is 10.0 Å². The summed E-state index contributed by atoms with van der Waals surface area (Å²) in [5.74, 6) is 0.996. The molecule has 1 unspecified atom stereocenters. The predicted molar refractivity (Wildman–Crippen MR) is 74.0 cm³/mol. The molecule has 106 valence electrons. The smallest absolute Gasteiger partial charge is 0.214 e. The van der Waals surface area contributed by atoms with Crippen LogP contribution in [0.5, 0.6) is 0 Å². The minimum absolute atomic E-state index is 0.318. The molecule has 1 atom stereocenters. The van der Waals surface area contributed by atoms with Crippen molar-refractivity contribution in [2.75, 3.05) is 25.4 Å². The third kappa shape index (κ3) is 3.93. The van der Waals surface area contributed by atoms with Crippen molar-refractivity contribution in [2.45, 2.75) is 51.5 Å². The van der Waals surface area contributed by atoms with Crippen LogP contribution in [0.2, 0.25) is 0 Å². The lowest BCUT2D eigenvalue weighted by Gasteiger charge is -2.30. The van der Waals surface area contributed by atoms with E-state index >= 15 is 0 Å². The van der Waals surface area contributed by atoms with Crippen LogP contribution in [0.1, 0.15) is 45.4 Å². The maximum atomic E-state index is 12.2. The zero-order valence-corrected chi connectivity index (χ0v) is 12.2. The number of piperidine rings is 2. The van der Waals surface area contributed by atoms with Crippen LogP contribution < -0.4 is 5.32 Å². The maximum Gasteiger partial charge on any atom is 0.214 e. The molecule has 0 aromatic heterocycles. The van der Waals surface area contributed by atoms with Crippen LogP contribution in [-0.4, -0.2) is 44.2 Å². The Bertz CT molecular complexity index is 342. The lowest BCUT2D eigenvalue weighted by Crippen LogP contribution is -2.41. The van der Waals surface area contributed by atoms with Crippen molar-refractivity contribution in [3.63, 3.8) is 0 Å². The van der Waals surface area contributed by atoms with Crippen molar-refractivity contribution in [1.82, 2.24) is 9.62 Å². The van der Waals surface area contributed by atoms with Gasteiger partial charge >= 0.3 is 0 Å². The molecule has 4 nitrogen and oxygen atoms in total. The Hall–Kier alpha value is -0.130. The largest absolute Gasteiger partial charge is 0.314 e. The Morgan fingerprint density at radius 2 is 1.89 bits per heavy atom. The Morgan fingerprint density at radius 1 is 1.17 bits per heavy atom. The molecule has 2 fully saturated rings. The van der Waals surface area contributed by atoms with Crippen LogP contribution in [0.4, 0.5) is 0 Å². The van der Waals surface area contributed by atoms with Crippen LogP contribution in [0.25, 0.3) is 0 Å². The second-order valence-corrected chi connectivity index (χ2v) is 7.92. The van der Waals surface area contributed by atoms with E-state index in [-0.39, 0.29) is 0 Å². The monoisotopic (exact) mass is 274 g/mol. The average molecular weight is 274 g/mol. The Balaban J connectivity index is 1.79. The first-order valence-corrected chi connectivity index (χ1v) is 8.90. The minimum atomic E-state index is -3.01. The van der Waals surface area contributed by atoms with Crippen LogP contribution in [-0.2, 0) is 10.0 Å². The molecule has 0 amide bonds. The Labute approximate surface area is 111 Å². The van der Waals surface area contributed by atoms with Crippen molar-refractivity contribution >= 4 is 10.0 Å². The fourth-order valence-electron chi connectivity index (χ4n) is 2.85.